The van der Waals surface area contributed by atoms with E-state index in [1.807, 2.05) is 30.3 Å². The second-order valence-corrected chi connectivity index (χ2v) is 6.23. The van der Waals surface area contributed by atoms with Crippen LogP contribution in [-0.4, -0.2) is 18.9 Å². The highest BCUT2D eigenvalue weighted by Crippen LogP contribution is 2.71. The number of benzene rings is 1. The van der Waals surface area contributed by atoms with E-state index < -0.39 is 12.9 Å². The maximum atomic E-state index is 13.1. The molecule has 0 amide bonds. The van der Waals surface area contributed by atoms with E-state index in [4.69, 9.17) is 9.05 Å². The third-order valence-corrected chi connectivity index (χ3v) is 5.53. The summed E-state index contributed by atoms with van der Waals surface area (Å²) in [5.74, 6) is 0. The van der Waals surface area contributed by atoms with Crippen LogP contribution in [0.2, 0.25) is 0 Å². The normalized spacial score (nSPS) is 21.9. The zero-order chi connectivity index (χ0) is 13.9. The Morgan fingerprint density at radius 3 is 2.26 bits per heavy atom. The highest BCUT2D eigenvalue weighted by atomic mass is 31.2. The van der Waals surface area contributed by atoms with Crippen LogP contribution in [-0.2, 0) is 18.9 Å². The molecule has 2 rings (SSSR count). The minimum absolute atomic E-state index is 0.311. The van der Waals surface area contributed by atoms with Crippen LogP contribution < -0.4 is 0 Å². The molecule has 1 aliphatic heterocycles. The molecule has 1 aromatic rings. The summed E-state index contributed by atoms with van der Waals surface area (Å²) in [5, 5.41) is -0.998. The van der Waals surface area contributed by atoms with Crippen LogP contribution in [0.3, 0.4) is 0 Å². The van der Waals surface area contributed by atoms with Crippen LogP contribution >= 0.6 is 7.60 Å². The maximum absolute atomic E-state index is 13.1. The second-order valence-electron chi connectivity index (χ2n) is 4.07. The van der Waals surface area contributed by atoms with Crippen molar-refractivity contribution in [2.45, 2.75) is 19.1 Å². The van der Waals surface area contributed by atoms with Gasteiger partial charge in [0.05, 0.1) is 18.9 Å². The molecule has 1 atom stereocenters. The summed E-state index contributed by atoms with van der Waals surface area (Å²) in [5.41, 5.74) is 1.47. The van der Waals surface area contributed by atoms with Gasteiger partial charge in [-0.3, -0.25) is 9.56 Å². The van der Waals surface area contributed by atoms with Gasteiger partial charge in [0.1, 0.15) is 0 Å². The quantitative estimate of drug-likeness (QED) is 0.714. The number of nitrogens with zero attached hydrogens (tertiary/aromatic N) is 1. The van der Waals surface area contributed by atoms with Crippen molar-refractivity contribution in [3.8, 4) is 0 Å². The van der Waals surface area contributed by atoms with Gasteiger partial charge in [-0.2, -0.15) is 0 Å². The van der Waals surface area contributed by atoms with E-state index in [-0.39, 0.29) is 0 Å². The summed E-state index contributed by atoms with van der Waals surface area (Å²) < 4.78 is 24.0. The summed E-state index contributed by atoms with van der Waals surface area (Å²) in [4.78, 5) is 4.37. The first-order valence-electron chi connectivity index (χ1n) is 6.32. The Labute approximate surface area is 113 Å². The molecule has 0 spiro atoms. The van der Waals surface area contributed by atoms with Gasteiger partial charge in [-0.15, -0.1) is 0 Å². The zero-order valence-electron chi connectivity index (χ0n) is 11.2. The van der Waals surface area contributed by atoms with Gasteiger partial charge in [-0.05, 0) is 25.5 Å². The van der Waals surface area contributed by atoms with Gasteiger partial charge < -0.3 is 9.05 Å². The Morgan fingerprint density at radius 1 is 1.26 bits per heavy atom. The number of hydrogen-bond acceptors (Lipinski definition) is 4. The average Bonchev–Trinajstić information content (AvgIpc) is 3.17. The number of hydrogen-bond donors (Lipinski definition) is 0. The first kappa shape index (κ1) is 14.2. The average molecular weight is 279 g/mol. The molecule has 0 N–H and O–H groups in total. The fourth-order valence-corrected chi connectivity index (χ4v) is 4.34. The number of rotatable bonds is 7. The molecular formula is C14H18NO3P. The third kappa shape index (κ3) is 2.20. The highest BCUT2D eigenvalue weighted by molar-refractivity contribution is 7.57. The molecule has 102 valence electrons. The maximum Gasteiger partial charge on any atom is 0.368 e. The van der Waals surface area contributed by atoms with E-state index in [0.717, 1.165) is 5.56 Å². The summed E-state index contributed by atoms with van der Waals surface area (Å²) in [6.07, 6.45) is 1.61. The number of aliphatic imine (C=N–C) groups is 1. The lowest BCUT2D eigenvalue weighted by molar-refractivity contribution is 0.210. The van der Waals surface area contributed by atoms with Gasteiger partial charge in [0, 0.05) is 0 Å². The fourth-order valence-electron chi connectivity index (χ4n) is 2.14. The van der Waals surface area contributed by atoms with Gasteiger partial charge >= 0.3 is 7.60 Å². The Morgan fingerprint density at radius 2 is 1.84 bits per heavy atom. The van der Waals surface area contributed by atoms with E-state index in [1.54, 1.807) is 19.9 Å². The van der Waals surface area contributed by atoms with Crippen LogP contribution in [0.15, 0.2) is 48.0 Å². The van der Waals surface area contributed by atoms with Crippen molar-refractivity contribution < 1.29 is 13.6 Å². The standard InChI is InChI=1S/C14H18NO3P/c1-4-13-14(15-13,12-10-8-7-9-11-12)19(16,17-5-2)18-6-3/h4,7-11H,1,5-6H2,2-3H3. The van der Waals surface area contributed by atoms with Crippen molar-refractivity contribution in [1.29, 1.82) is 0 Å². The lowest BCUT2D eigenvalue weighted by Crippen LogP contribution is -2.19. The largest absolute Gasteiger partial charge is 0.368 e. The van der Waals surface area contributed by atoms with Crippen LogP contribution in [0.1, 0.15) is 19.4 Å². The smallest absolute Gasteiger partial charge is 0.307 e. The molecule has 0 radical (unpaired) electrons. The lowest BCUT2D eigenvalue weighted by atomic mass is 10.1. The summed E-state index contributed by atoms with van der Waals surface area (Å²) in [7, 11) is -3.38. The topological polar surface area (TPSA) is 47.9 Å². The Balaban J connectivity index is 2.46. The molecule has 4 nitrogen and oxygen atoms in total. The van der Waals surface area contributed by atoms with Gasteiger partial charge in [0.15, 0.2) is 0 Å². The van der Waals surface area contributed by atoms with E-state index in [2.05, 4.69) is 11.6 Å². The minimum Gasteiger partial charge on any atom is -0.307 e. The SMILES string of the molecule is C=CC1=NC1(c1ccccc1)P(=O)(OCC)OCC. The first-order valence-corrected chi connectivity index (χ1v) is 7.86. The molecule has 0 aromatic heterocycles. The van der Waals surface area contributed by atoms with E-state index in [1.165, 1.54) is 0 Å². The van der Waals surface area contributed by atoms with Crippen molar-refractivity contribution in [3.05, 3.63) is 48.6 Å². The second kappa shape index (κ2) is 5.41. The highest BCUT2D eigenvalue weighted by Gasteiger charge is 2.63. The molecule has 0 aliphatic carbocycles. The van der Waals surface area contributed by atoms with E-state index in [0.29, 0.717) is 18.9 Å². The molecule has 1 heterocycles. The Bertz CT molecular complexity index is 531. The van der Waals surface area contributed by atoms with Crippen molar-refractivity contribution in [1.82, 2.24) is 0 Å². The molecule has 5 heteroatoms. The van der Waals surface area contributed by atoms with Crippen LogP contribution in [0, 0.1) is 0 Å². The van der Waals surface area contributed by atoms with Gasteiger partial charge in [0.25, 0.3) is 0 Å². The lowest BCUT2D eigenvalue weighted by Gasteiger charge is -2.25. The summed E-state index contributed by atoms with van der Waals surface area (Å²) >= 11 is 0. The van der Waals surface area contributed by atoms with Crippen molar-refractivity contribution in [2.75, 3.05) is 13.2 Å². The Hall–Kier alpha value is -1.22. The van der Waals surface area contributed by atoms with Gasteiger partial charge in [0.2, 0.25) is 5.28 Å². The van der Waals surface area contributed by atoms with Crippen LogP contribution in [0.5, 0.6) is 0 Å². The van der Waals surface area contributed by atoms with Gasteiger partial charge in [-0.1, -0.05) is 36.9 Å². The van der Waals surface area contributed by atoms with E-state index >= 15 is 0 Å². The molecule has 0 saturated heterocycles. The zero-order valence-corrected chi connectivity index (χ0v) is 12.1. The predicted molar refractivity (Wildman–Crippen MR) is 76.6 cm³/mol. The first-order chi connectivity index (χ1) is 9.14. The molecule has 1 aliphatic rings. The molecule has 19 heavy (non-hydrogen) atoms. The van der Waals surface area contributed by atoms with Gasteiger partial charge in [-0.25, -0.2) is 0 Å². The molecule has 1 aromatic carbocycles. The summed E-state index contributed by atoms with van der Waals surface area (Å²) in [6, 6.07) is 9.43. The third-order valence-electron chi connectivity index (χ3n) is 2.95. The molecule has 1 unspecified atom stereocenters. The predicted octanol–water partition coefficient (Wildman–Crippen LogP) is 3.75. The monoisotopic (exact) mass is 279 g/mol. The van der Waals surface area contributed by atoms with E-state index in [9.17, 15) is 4.57 Å². The van der Waals surface area contributed by atoms with Crippen molar-refractivity contribution in [2.24, 2.45) is 4.99 Å². The minimum atomic E-state index is -3.38. The van der Waals surface area contributed by atoms with Crippen LogP contribution in [0.25, 0.3) is 0 Å². The Kier molecular flexibility index (Phi) is 4.04. The molecular weight excluding hydrogens is 261 g/mol. The van der Waals surface area contributed by atoms with Crippen molar-refractivity contribution >= 4 is 13.3 Å². The fraction of sp³-hybridized carbons (Fsp3) is 0.357. The molecule has 0 bridgehead atoms. The van der Waals surface area contributed by atoms with Crippen LogP contribution in [0.4, 0.5) is 0 Å². The molecule has 0 saturated carbocycles. The molecule has 0 fully saturated rings. The van der Waals surface area contributed by atoms with Crippen molar-refractivity contribution in [3.63, 3.8) is 0 Å². The summed E-state index contributed by atoms with van der Waals surface area (Å²) in [6.45, 7) is 7.92.